The zero-order valence-corrected chi connectivity index (χ0v) is 13.9. The van der Waals surface area contributed by atoms with E-state index in [2.05, 4.69) is 60.7 Å². The standard InChI is InChI=1S/C18H25NSi/c1-20(2,3)12-9-15-5-7-16(8-6-15)17-13-19-14-18(17)10-4-11-18/h5-8,17,19H,4,10-11,13-14H2,1-3H3. The number of hydrogen-bond acceptors (Lipinski definition) is 1. The van der Waals surface area contributed by atoms with Gasteiger partial charge in [0.25, 0.3) is 0 Å². The SMILES string of the molecule is C[Si](C)(C)C#Cc1ccc(C2CNCC23CCC3)cc1. The third-order valence-corrected chi connectivity index (χ3v) is 5.68. The van der Waals surface area contributed by atoms with Gasteiger partial charge in [-0.1, -0.05) is 44.1 Å². The summed E-state index contributed by atoms with van der Waals surface area (Å²) < 4.78 is 0. The summed E-state index contributed by atoms with van der Waals surface area (Å²) in [7, 11) is -1.27. The van der Waals surface area contributed by atoms with E-state index in [9.17, 15) is 0 Å². The Kier molecular flexibility index (Phi) is 3.52. The van der Waals surface area contributed by atoms with E-state index in [1.807, 2.05) is 0 Å². The fourth-order valence-corrected chi connectivity index (χ4v) is 4.01. The normalized spacial score (nSPS) is 24.1. The van der Waals surface area contributed by atoms with Crippen molar-refractivity contribution < 1.29 is 0 Å². The smallest absolute Gasteiger partial charge is 0.129 e. The second-order valence-corrected chi connectivity index (χ2v) is 12.3. The maximum absolute atomic E-state index is 3.60. The minimum atomic E-state index is -1.27. The van der Waals surface area contributed by atoms with Crippen molar-refractivity contribution in [3.05, 3.63) is 35.4 Å². The summed E-state index contributed by atoms with van der Waals surface area (Å²) >= 11 is 0. The van der Waals surface area contributed by atoms with Crippen molar-refractivity contribution >= 4 is 8.07 Å². The molecule has 0 radical (unpaired) electrons. The molecule has 1 saturated heterocycles. The van der Waals surface area contributed by atoms with Crippen LogP contribution in [0.4, 0.5) is 0 Å². The predicted octanol–water partition coefficient (Wildman–Crippen LogP) is 3.77. The van der Waals surface area contributed by atoms with E-state index >= 15 is 0 Å². The molecule has 1 aliphatic carbocycles. The maximum atomic E-state index is 3.60. The zero-order chi connectivity index (χ0) is 14.2. The van der Waals surface area contributed by atoms with Crippen molar-refractivity contribution in [2.45, 2.75) is 44.8 Å². The van der Waals surface area contributed by atoms with Crippen LogP contribution in [0.3, 0.4) is 0 Å². The molecule has 20 heavy (non-hydrogen) atoms. The monoisotopic (exact) mass is 283 g/mol. The van der Waals surface area contributed by atoms with Crippen LogP contribution < -0.4 is 5.32 Å². The average molecular weight is 283 g/mol. The van der Waals surface area contributed by atoms with Gasteiger partial charge in [-0.3, -0.25) is 0 Å². The third-order valence-electron chi connectivity index (χ3n) is 4.81. The van der Waals surface area contributed by atoms with Gasteiger partial charge in [0.05, 0.1) is 0 Å². The van der Waals surface area contributed by atoms with Gasteiger partial charge in [0.2, 0.25) is 0 Å². The molecule has 2 aliphatic rings. The minimum Gasteiger partial charge on any atom is -0.316 e. The lowest BCUT2D eigenvalue weighted by Gasteiger charge is -2.43. The highest BCUT2D eigenvalue weighted by molar-refractivity contribution is 6.83. The summed E-state index contributed by atoms with van der Waals surface area (Å²) in [5.41, 5.74) is 6.70. The molecule has 2 fully saturated rings. The molecule has 1 nitrogen and oxygen atoms in total. The molecule has 1 N–H and O–H groups in total. The van der Waals surface area contributed by atoms with Gasteiger partial charge in [0.1, 0.15) is 8.07 Å². The van der Waals surface area contributed by atoms with E-state index in [4.69, 9.17) is 0 Å². The molecule has 1 aliphatic heterocycles. The number of nitrogens with one attached hydrogen (secondary N) is 1. The minimum absolute atomic E-state index is 0.575. The van der Waals surface area contributed by atoms with Crippen LogP contribution in [-0.2, 0) is 0 Å². The second kappa shape index (κ2) is 5.06. The van der Waals surface area contributed by atoms with Crippen LogP contribution in [0, 0.1) is 16.9 Å². The molecular formula is C18H25NSi. The molecule has 2 heteroatoms. The lowest BCUT2D eigenvalue weighted by atomic mass is 9.61. The molecule has 106 valence electrons. The van der Waals surface area contributed by atoms with E-state index in [0.717, 1.165) is 12.5 Å². The van der Waals surface area contributed by atoms with Crippen LogP contribution in [-0.4, -0.2) is 21.2 Å². The first kappa shape index (κ1) is 13.9. The van der Waals surface area contributed by atoms with Crippen LogP contribution in [0.25, 0.3) is 0 Å². The van der Waals surface area contributed by atoms with Gasteiger partial charge in [-0.05, 0) is 36.0 Å². The van der Waals surface area contributed by atoms with Crippen LogP contribution >= 0.6 is 0 Å². The molecule has 0 amide bonds. The highest BCUT2D eigenvalue weighted by Gasteiger charge is 2.47. The summed E-state index contributed by atoms with van der Waals surface area (Å²) in [5.74, 6) is 4.07. The van der Waals surface area contributed by atoms with E-state index in [1.54, 1.807) is 0 Å². The number of rotatable bonds is 1. The van der Waals surface area contributed by atoms with Gasteiger partial charge < -0.3 is 5.32 Å². The third kappa shape index (κ3) is 2.70. The van der Waals surface area contributed by atoms with Gasteiger partial charge in [-0.15, -0.1) is 5.54 Å². The molecule has 1 aromatic rings. The van der Waals surface area contributed by atoms with Crippen molar-refractivity contribution in [1.29, 1.82) is 0 Å². The lowest BCUT2D eigenvalue weighted by Crippen LogP contribution is -2.36. The molecular weight excluding hydrogens is 258 g/mol. The van der Waals surface area contributed by atoms with Gasteiger partial charge in [-0.25, -0.2) is 0 Å². The Morgan fingerprint density at radius 2 is 1.85 bits per heavy atom. The van der Waals surface area contributed by atoms with Crippen molar-refractivity contribution in [1.82, 2.24) is 5.32 Å². The van der Waals surface area contributed by atoms with Gasteiger partial charge >= 0.3 is 0 Å². The quantitative estimate of drug-likeness (QED) is 0.611. The maximum Gasteiger partial charge on any atom is 0.129 e. The average Bonchev–Trinajstić information content (AvgIpc) is 2.80. The summed E-state index contributed by atoms with van der Waals surface area (Å²) in [6, 6.07) is 9.05. The summed E-state index contributed by atoms with van der Waals surface area (Å²) in [5, 5.41) is 3.60. The zero-order valence-electron chi connectivity index (χ0n) is 12.9. The highest BCUT2D eigenvalue weighted by atomic mass is 28.3. The van der Waals surface area contributed by atoms with Gasteiger partial charge in [0.15, 0.2) is 0 Å². The topological polar surface area (TPSA) is 12.0 Å². The Labute approximate surface area is 124 Å². The lowest BCUT2D eigenvalue weighted by molar-refractivity contribution is 0.137. The predicted molar refractivity (Wildman–Crippen MR) is 88.6 cm³/mol. The van der Waals surface area contributed by atoms with Gasteiger partial charge in [0, 0.05) is 24.6 Å². The molecule has 1 saturated carbocycles. The van der Waals surface area contributed by atoms with Gasteiger partial charge in [-0.2, -0.15) is 0 Å². The molecule has 0 bridgehead atoms. The molecule has 1 unspecified atom stereocenters. The van der Waals surface area contributed by atoms with Crippen molar-refractivity contribution in [3.8, 4) is 11.5 Å². The Morgan fingerprint density at radius 3 is 2.40 bits per heavy atom. The first-order chi connectivity index (χ1) is 9.49. The second-order valence-electron chi connectivity index (χ2n) is 7.52. The summed E-state index contributed by atoms with van der Waals surface area (Å²) in [6.07, 6.45) is 4.22. The molecule has 1 spiro atoms. The fraction of sp³-hybridized carbons (Fsp3) is 0.556. The highest BCUT2D eigenvalue weighted by Crippen LogP contribution is 2.53. The molecule has 3 rings (SSSR count). The molecule has 1 atom stereocenters. The van der Waals surface area contributed by atoms with Crippen LogP contribution in [0.5, 0.6) is 0 Å². The fourth-order valence-electron chi connectivity index (χ4n) is 3.49. The Morgan fingerprint density at radius 1 is 1.15 bits per heavy atom. The van der Waals surface area contributed by atoms with E-state index in [0.29, 0.717) is 5.41 Å². The van der Waals surface area contributed by atoms with E-state index in [-0.39, 0.29) is 0 Å². The first-order valence-corrected chi connectivity index (χ1v) is 11.3. The summed E-state index contributed by atoms with van der Waals surface area (Å²) in [6.45, 7) is 9.24. The van der Waals surface area contributed by atoms with E-state index in [1.165, 1.54) is 36.9 Å². The van der Waals surface area contributed by atoms with Crippen LogP contribution in [0.1, 0.15) is 36.3 Å². The van der Waals surface area contributed by atoms with Crippen molar-refractivity contribution in [2.24, 2.45) is 5.41 Å². The molecule has 1 aromatic carbocycles. The largest absolute Gasteiger partial charge is 0.316 e. The molecule has 1 heterocycles. The Bertz CT molecular complexity index is 538. The van der Waals surface area contributed by atoms with Crippen LogP contribution in [0.15, 0.2) is 24.3 Å². The number of hydrogen-bond donors (Lipinski definition) is 1. The first-order valence-electron chi connectivity index (χ1n) is 7.82. The van der Waals surface area contributed by atoms with E-state index < -0.39 is 8.07 Å². The van der Waals surface area contributed by atoms with Crippen molar-refractivity contribution in [2.75, 3.05) is 13.1 Å². The Balaban J connectivity index is 1.78. The number of benzene rings is 1. The summed E-state index contributed by atoms with van der Waals surface area (Å²) in [4.78, 5) is 0. The Hall–Kier alpha value is -1.04. The van der Waals surface area contributed by atoms with Crippen LogP contribution in [0.2, 0.25) is 19.6 Å². The van der Waals surface area contributed by atoms with Crippen molar-refractivity contribution in [3.63, 3.8) is 0 Å². The molecule has 0 aromatic heterocycles.